The number of methoxy groups -OCH3 is 2. The van der Waals surface area contributed by atoms with E-state index in [9.17, 15) is 0 Å². The summed E-state index contributed by atoms with van der Waals surface area (Å²) in [5, 5.41) is 3.43. The molecule has 0 amide bonds. The Labute approximate surface area is 152 Å². The molecule has 4 nitrogen and oxygen atoms in total. The van der Waals surface area contributed by atoms with E-state index in [2.05, 4.69) is 17.1 Å². The van der Waals surface area contributed by atoms with E-state index in [0.29, 0.717) is 6.04 Å². The number of halogens is 2. The summed E-state index contributed by atoms with van der Waals surface area (Å²) in [6.45, 7) is 6.51. The van der Waals surface area contributed by atoms with Crippen LogP contribution in [-0.2, 0) is 0 Å². The number of ether oxygens (including phenoxy) is 2. The van der Waals surface area contributed by atoms with Crippen LogP contribution in [0.4, 0.5) is 0 Å². The van der Waals surface area contributed by atoms with Crippen molar-refractivity contribution in [3.63, 3.8) is 0 Å². The average molecular weight is 365 g/mol. The molecule has 0 unspecified atom stereocenters. The quantitative estimate of drug-likeness (QED) is 0.799. The fourth-order valence-corrected chi connectivity index (χ4v) is 3.11. The second-order valence-electron chi connectivity index (χ2n) is 5.52. The van der Waals surface area contributed by atoms with E-state index in [0.717, 1.165) is 44.1 Å². The Balaban J connectivity index is 0.00000242. The first kappa shape index (κ1) is 22.3. The lowest BCUT2D eigenvalue weighted by molar-refractivity contribution is 0.157. The molecule has 0 saturated carbocycles. The van der Waals surface area contributed by atoms with Crippen molar-refractivity contribution in [3.05, 3.63) is 23.8 Å². The maximum Gasteiger partial charge on any atom is 0.127 e. The number of nitrogens with one attached hydrogen (secondary N) is 1. The van der Waals surface area contributed by atoms with Gasteiger partial charge in [-0.2, -0.15) is 0 Å². The molecule has 23 heavy (non-hydrogen) atoms. The number of unbranched alkanes of at least 4 members (excludes halogenated alkanes) is 1. The van der Waals surface area contributed by atoms with Gasteiger partial charge in [-0.25, -0.2) is 0 Å². The van der Waals surface area contributed by atoms with E-state index in [1.165, 1.54) is 18.4 Å². The van der Waals surface area contributed by atoms with Crippen molar-refractivity contribution in [1.29, 1.82) is 0 Å². The summed E-state index contributed by atoms with van der Waals surface area (Å²) in [4.78, 5) is 2.56. The van der Waals surface area contributed by atoms with E-state index >= 15 is 0 Å². The third-order valence-electron chi connectivity index (χ3n) is 4.22. The number of piperazine rings is 1. The molecule has 0 aromatic heterocycles. The van der Waals surface area contributed by atoms with Gasteiger partial charge in [0.25, 0.3) is 0 Å². The van der Waals surface area contributed by atoms with Gasteiger partial charge in [0.1, 0.15) is 11.5 Å². The zero-order valence-corrected chi connectivity index (χ0v) is 16.0. The van der Waals surface area contributed by atoms with Crippen molar-refractivity contribution in [2.24, 2.45) is 0 Å². The first-order valence-corrected chi connectivity index (χ1v) is 7.97. The third kappa shape index (κ3) is 5.71. The Kier molecular flexibility index (Phi) is 11.4. The summed E-state index contributed by atoms with van der Waals surface area (Å²) in [5.41, 5.74) is 1.21. The van der Waals surface area contributed by atoms with Crippen molar-refractivity contribution >= 4 is 24.8 Å². The van der Waals surface area contributed by atoms with Crippen molar-refractivity contribution in [2.75, 3.05) is 40.4 Å². The zero-order chi connectivity index (χ0) is 15.1. The SMILES string of the molecule is CCCC[C@@H](c1c(OC)cccc1OC)N1CCNCC1.Cl.Cl. The molecule has 1 aromatic carbocycles. The van der Waals surface area contributed by atoms with Gasteiger partial charge in [-0.1, -0.05) is 25.8 Å². The van der Waals surface area contributed by atoms with Crippen LogP contribution in [0.5, 0.6) is 11.5 Å². The van der Waals surface area contributed by atoms with Crippen LogP contribution in [0.1, 0.15) is 37.8 Å². The molecule has 1 N–H and O–H groups in total. The predicted octanol–water partition coefficient (Wildman–Crippen LogP) is 3.68. The minimum Gasteiger partial charge on any atom is -0.496 e. The molecule has 1 heterocycles. The van der Waals surface area contributed by atoms with Gasteiger partial charge in [-0.15, -0.1) is 24.8 Å². The number of hydrogen-bond donors (Lipinski definition) is 1. The smallest absolute Gasteiger partial charge is 0.127 e. The number of benzene rings is 1. The monoisotopic (exact) mass is 364 g/mol. The Hall–Kier alpha value is -0.680. The molecular weight excluding hydrogens is 335 g/mol. The summed E-state index contributed by atoms with van der Waals surface area (Å²) < 4.78 is 11.2. The zero-order valence-electron chi connectivity index (χ0n) is 14.3. The Morgan fingerprint density at radius 3 is 2.13 bits per heavy atom. The fraction of sp³-hybridized carbons (Fsp3) is 0.647. The highest BCUT2D eigenvalue weighted by Crippen LogP contribution is 2.39. The van der Waals surface area contributed by atoms with Gasteiger partial charge in [-0.05, 0) is 18.6 Å². The maximum absolute atomic E-state index is 5.62. The molecule has 2 rings (SSSR count). The minimum atomic E-state index is 0. The molecule has 0 radical (unpaired) electrons. The number of hydrogen-bond acceptors (Lipinski definition) is 4. The van der Waals surface area contributed by atoms with E-state index in [-0.39, 0.29) is 24.8 Å². The maximum atomic E-state index is 5.62. The van der Waals surface area contributed by atoms with Crippen molar-refractivity contribution in [1.82, 2.24) is 10.2 Å². The van der Waals surface area contributed by atoms with Crippen molar-refractivity contribution in [3.8, 4) is 11.5 Å². The molecule has 0 bridgehead atoms. The van der Waals surface area contributed by atoms with Crippen LogP contribution in [0.2, 0.25) is 0 Å². The topological polar surface area (TPSA) is 33.7 Å². The van der Waals surface area contributed by atoms with Gasteiger partial charge in [0.15, 0.2) is 0 Å². The molecule has 1 saturated heterocycles. The van der Waals surface area contributed by atoms with Gasteiger partial charge < -0.3 is 14.8 Å². The molecule has 1 aromatic rings. The lowest BCUT2D eigenvalue weighted by Crippen LogP contribution is -2.45. The second kappa shape index (κ2) is 11.8. The number of nitrogens with zero attached hydrogens (tertiary/aromatic N) is 1. The summed E-state index contributed by atoms with van der Waals surface area (Å²) in [6, 6.07) is 6.45. The first-order valence-electron chi connectivity index (χ1n) is 7.97. The van der Waals surface area contributed by atoms with Crippen LogP contribution in [-0.4, -0.2) is 45.3 Å². The van der Waals surface area contributed by atoms with E-state index in [1.54, 1.807) is 14.2 Å². The molecule has 0 spiro atoms. The van der Waals surface area contributed by atoms with Gasteiger partial charge in [0, 0.05) is 32.2 Å². The molecule has 134 valence electrons. The largest absolute Gasteiger partial charge is 0.496 e. The summed E-state index contributed by atoms with van der Waals surface area (Å²) >= 11 is 0. The minimum absolute atomic E-state index is 0. The second-order valence-corrected chi connectivity index (χ2v) is 5.52. The van der Waals surface area contributed by atoms with Crippen molar-refractivity contribution in [2.45, 2.75) is 32.2 Å². The van der Waals surface area contributed by atoms with E-state index in [1.807, 2.05) is 18.2 Å². The van der Waals surface area contributed by atoms with E-state index in [4.69, 9.17) is 9.47 Å². The molecule has 1 aliphatic heterocycles. The van der Waals surface area contributed by atoms with Gasteiger partial charge >= 0.3 is 0 Å². The number of rotatable bonds is 7. The molecule has 1 atom stereocenters. The highest BCUT2D eigenvalue weighted by atomic mass is 35.5. The van der Waals surface area contributed by atoms with Gasteiger partial charge in [0.2, 0.25) is 0 Å². The summed E-state index contributed by atoms with van der Waals surface area (Å²) in [5.74, 6) is 1.88. The summed E-state index contributed by atoms with van der Waals surface area (Å²) in [7, 11) is 3.49. The van der Waals surface area contributed by atoms with Crippen LogP contribution in [0, 0.1) is 0 Å². The molecular formula is C17H30Cl2N2O2. The normalized spacial score (nSPS) is 16.0. The van der Waals surface area contributed by atoms with Gasteiger partial charge in [0.05, 0.1) is 19.8 Å². The highest BCUT2D eigenvalue weighted by Gasteiger charge is 2.27. The van der Waals surface area contributed by atoms with Gasteiger partial charge in [-0.3, -0.25) is 4.90 Å². The van der Waals surface area contributed by atoms with Crippen LogP contribution in [0.3, 0.4) is 0 Å². The summed E-state index contributed by atoms with van der Waals surface area (Å²) in [6.07, 6.45) is 3.57. The van der Waals surface area contributed by atoms with Crippen LogP contribution in [0.15, 0.2) is 18.2 Å². The van der Waals surface area contributed by atoms with Crippen LogP contribution >= 0.6 is 24.8 Å². The fourth-order valence-electron chi connectivity index (χ4n) is 3.11. The Morgan fingerprint density at radius 2 is 1.65 bits per heavy atom. The standard InChI is InChI=1S/C17H28N2O2.2ClH/c1-4-5-7-14(19-12-10-18-11-13-19)17-15(20-2)8-6-9-16(17)21-3;;/h6,8-9,14,18H,4-5,7,10-13H2,1-3H3;2*1H/t14-;;/m0../s1. The Bertz CT molecular complexity index is 418. The molecule has 1 fully saturated rings. The highest BCUT2D eigenvalue weighted by molar-refractivity contribution is 5.85. The van der Waals surface area contributed by atoms with Crippen molar-refractivity contribution < 1.29 is 9.47 Å². The molecule has 6 heteroatoms. The van der Waals surface area contributed by atoms with E-state index < -0.39 is 0 Å². The molecule has 1 aliphatic rings. The lowest BCUT2D eigenvalue weighted by atomic mass is 9.96. The lowest BCUT2D eigenvalue weighted by Gasteiger charge is -2.36. The Morgan fingerprint density at radius 1 is 1.09 bits per heavy atom. The molecule has 0 aliphatic carbocycles. The predicted molar refractivity (Wildman–Crippen MR) is 101 cm³/mol. The first-order chi connectivity index (χ1) is 10.3. The van der Waals surface area contributed by atoms with Crippen LogP contribution in [0.25, 0.3) is 0 Å². The third-order valence-corrected chi connectivity index (χ3v) is 4.22. The average Bonchev–Trinajstić information content (AvgIpc) is 2.56. The van der Waals surface area contributed by atoms with Crippen LogP contribution < -0.4 is 14.8 Å².